The summed E-state index contributed by atoms with van der Waals surface area (Å²) in [4.78, 5) is 30.0. The summed E-state index contributed by atoms with van der Waals surface area (Å²) in [5.74, 6) is -1.72. The van der Waals surface area contributed by atoms with Gasteiger partial charge in [-0.15, -0.1) is 0 Å². The van der Waals surface area contributed by atoms with Crippen LogP contribution in [0.5, 0.6) is 0 Å². The van der Waals surface area contributed by atoms with E-state index in [1.54, 1.807) is 23.2 Å². The molecule has 0 radical (unpaired) electrons. The lowest BCUT2D eigenvalue weighted by Gasteiger charge is -2.16. The second kappa shape index (κ2) is 7.66. The van der Waals surface area contributed by atoms with Crippen LogP contribution in [-0.4, -0.2) is 40.0 Å². The molecule has 0 unspecified atom stereocenters. The Morgan fingerprint density at radius 3 is 2.56 bits per heavy atom. The molecule has 1 aromatic heterocycles. The summed E-state index contributed by atoms with van der Waals surface area (Å²) >= 11 is 5.91. The van der Waals surface area contributed by atoms with Crippen LogP contribution in [0.4, 0.5) is 0 Å². The van der Waals surface area contributed by atoms with E-state index in [2.05, 4.69) is 4.98 Å². The predicted octanol–water partition coefficient (Wildman–Crippen LogP) is 2.99. The highest BCUT2D eigenvalue weighted by atomic mass is 35.5. The number of carboxylic acid groups (broad SMARTS) is 1. The van der Waals surface area contributed by atoms with Crippen molar-refractivity contribution < 1.29 is 14.7 Å². The molecule has 130 valence electrons. The van der Waals surface area contributed by atoms with Gasteiger partial charge in [-0.25, -0.2) is 0 Å². The summed E-state index contributed by atoms with van der Waals surface area (Å²) in [5, 5.41) is 10.1. The van der Waals surface area contributed by atoms with E-state index in [-0.39, 0.29) is 18.4 Å². The van der Waals surface area contributed by atoms with Crippen LogP contribution in [0.2, 0.25) is 5.02 Å². The largest absolute Gasteiger partial charge is 0.481 e. The highest BCUT2D eigenvalue weighted by molar-refractivity contribution is 6.30. The van der Waals surface area contributed by atoms with E-state index < -0.39 is 11.9 Å². The minimum absolute atomic E-state index is 0.0339. The van der Waals surface area contributed by atoms with Crippen molar-refractivity contribution >= 4 is 23.5 Å². The maximum atomic E-state index is 12.5. The summed E-state index contributed by atoms with van der Waals surface area (Å²) in [6, 6.07) is 12.8. The van der Waals surface area contributed by atoms with E-state index in [0.717, 1.165) is 11.3 Å². The monoisotopic (exact) mass is 358 g/mol. The second-order valence-corrected chi connectivity index (χ2v) is 6.66. The molecule has 1 N–H and O–H groups in total. The van der Waals surface area contributed by atoms with Gasteiger partial charge in [0.25, 0.3) is 0 Å². The average Bonchev–Trinajstić information content (AvgIpc) is 3.07. The molecule has 1 saturated heterocycles. The molecule has 1 aromatic carbocycles. The van der Waals surface area contributed by atoms with E-state index in [1.165, 1.54) is 0 Å². The number of benzene rings is 1. The first-order valence-electron chi connectivity index (χ1n) is 8.20. The number of aromatic nitrogens is 1. The number of carbonyl (C=O) groups excluding carboxylic acids is 1. The highest BCUT2D eigenvalue weighted by Gasteiger charge is 2.40. The molecule has 2 heterocycles. The predicted molar refractivity (Wildman–Crippen MR) is 94.5 cm³/mol. The number of halogens is 1. The van der Waals surface area contributed by atoms with Crippen molar-refractivity contribution in [3.8, 4) is 0 Å². The number of hydrogen-bond donors (Lipinski definition) is 1. The highest BCUT2D eigenvalue weighted by Crippen LogP contribution is 2.33. The number of aliphatic carboxylic acids is 1. The lowest BCUT2D eigenvalue weighted by Crippen LogP contribution is -2.30. The van der Waals surface area contributed by atoms with Crippen LogP contribution in [0, 0.1) is 5.92 Å². The van der Waals surface area contributed by atoms with Crippen molar-refractivity contribution in [3.63, 3.8) is 0 Å². The smallest absolute Gasteiger partial charge is 0.308 e. The standard InChI is InChI=1S/C19H19ClN2O3/c20-14-6-4-13(5-7-14)16-11-22(12-17(16)19(24)25)18(23)9-8-15-3-1-2-10-21-15/h1-7,10,16-17H,8-9,11-12H2,(H,24,25)/t16-,17+/m0/s1. The third-order valence-corrected chi connectivity index (χ3v) is 4.86. The lowest BCUT2D eigenvalue weighted by atomic mass is 9.89. The van der Waals surface area contributed by atoms with Crippen LogP contribution in [0.1, 0.15) is 23.6 Å². The van der Waals surface area contributed by atoms with Crippen molar-refractivity contribution in [2.24, 2.45) is 5.92 Å². The van der Waals surface area contributed by atoms with Gasteiger partial charge in [0.2, 0.25) is 5.91 Å². The minimum atomic E-state index is -0.875. The summed E-state index contributed by atoms with van der Waals surface area (Å²) in [5.41, 5.74) is 1.76. The van der Waals surface area contributed by atoms with E-state index in [4.69, 9.17) is 11.6 Å². The molecule has 0 bridgehead atoms. The molecule has 5 nitrogen and oxygen atoms in total. The van der Waals surface area contributed by atoms with E-state index in [1.807, 2.05) is 30.3 Å². The molecular formula is C19H19ClN2O3. The molecule has 1 aliphatic heterocycles. The van der Waals surface area contributed by atoms with Gasteiger partial charge >= 0.3 is 5.97 Å². The SMILES string of the molecule is O=C(O)[C@@H]1CN(C(=O)CCc2ccccn2)C[C@H]1c1ccc(Cl)cc1. The van der Waals surface area contributed by atoms with Crippen molar-refractivity contribution in [1.82, 2.24) is 9.88 Å². The molecule has 0 spiro atoms. The number of likely N-dealkylation sites (tertiary alicyclic amines) is 1. The van der Waals surface area contributed by atoms with Crippen molar-refractivity contribution in [1.29, 1.82) is 0 Å². The number of amides is 1. The van der Waals surface area contributed by atoms with Gasteiger partial charge in [-0.05, 0) is 36.2 Å². The Morgan fingerprint density at radius 2 is 1.92 bits per heavy atom. The molecule has 1 aliphatic rings. The number of nitrogens with zero attached hydrogens (tertiary/aromatic N) is 2. The van der Waals surface area contributed by atoms with E-state index in [0.29, 0.717) is 24.4 Å². The zero-order valence-electron chi connectivity index (χ0n) is 13.6. The fourth-order valence-corrected chi connectivity index (χ4v) is 3.37. The van der Waals surface area contributed by atoms with Crippen molar-refractivity contribution in [2.45, 2.75) is 18.8 Å². The van der Waals surface area contributed by atoms with Crippen molar-refractivity contribution in [2.75, 3.05) is 13.1 Å². The van der Waals surface area contributed by atoms with Crippen LogP contribution in [0.3, 0.4) is 0 Å². The molecule has 2 atom stereocenters. The first-order chi connectivity index (χ1) is 12.0. The van der Waals surface area contributed by atoms with Gasteiger partial charge in [0.1, 0.15) is 0 Å². The molecule has 0 aliphatic carbocycles. The molecule has 1 fully saturated rings. The Bertz CT molecular complexity index is 749. The van der Waals surface area contributed by atoms with Crippen molar-refractivity contribution in [3.05, 3.63) is 64.9 Å². The molecule has 6 heteroatoms. The Hall–Kier alpha value is -2.40. The molecule has 0 saturated carbocycles. The second-order valence-electron chi connectivity index (χ2n) is 6.22. The third-order valence-electron chi connectivity index (χ3n) is 4.61. The number of aryl methyl sites for hydroxylation is 1. The van der Waals surface area contributed by atoms with Gasteiger partial charge in [-0.2, -0.15) is 0 Å². The minimum Gasteiger partial charge on any atom is -0.481 e. The molecular weight excluding hydrogens is 340 g/mol. The summed E-state index contributed by atoms with van der Waals surface area (Å²) < 4.78 is 0. The molecule has 2 aromatic rings. The fourth-order valence-electron chi connectivity index (χ4n) is 3.24. The Balaban J connectivity index is 1.68. The maximum absolute atomic E-state index is 12.5. The number of rotatable bonds is 5. The summed E-state index contributed by atoms with van der Waals surface area (Å²) in [7, 11) is 0. The quantitative estimate of drug-likeness (QED) is 0.892. The van der Waals surface area contributed by atoms with Crippen LogP contribution in [-0.2, 0) is 16.0 Å². The average molecular weight is 359 g/mol. The summed E-state index contributed by atoms with van der Waals surface area (Å²) in [6.07, 6.45) is 2.59. The molecule has 3 rings (SSSR count). The van der Waals surface area contributed by atoms with Crippen LogP contribution < -0.4 is 0 Å². The zero-order chi connectivity index (χ0) is 17.8. The summed E-state index contributed by atoms with van der Waals surface area (Å²) in [6.45, 7) is 0.656. The topological polar surface area (TPSA) is 70.5 Å². The normalized spacial score (nSPS) is 19.8. The van der Waals surface area contributed by atoms with Crippen LogP contribution in [0.15, 0.2) is 48.7 Å². The van der Waals surface area contributed by atoms with E-state index in [9.17, 15) is 14.7 Å². The molecule has 25 heavy (non-hydrogen) atoms. The lowest BCUT2D eigenvalue weighted by molar-refractivity contribution is -0.141. The zero-order valence-corrected chi connectivity index (χ0v) is 14.4. The Labute approximate surface area is 151 Å². The third kappa shape index (κ3) is 4.17. The fraction of sp³-hybridized carbons (Fsp3) is 0.316. The van der Waals surface area contributed by atoms with Gasteiger partial charge in [-0.3, -0.25) is 14.6 Å². The maximum Gasteiger partial charge on any atom is 0.308 e. The van der Waals surface area contributed by atoms with Gasteiger partial charge in [-0.1, -0.05) is 29.8 Å². The van der Waals surface area contributed by atoms with E-state index >= 15 is 0 Å². The van der Waals surface area contributed by atoms with Gasteiger partial charge in [0, 0.05) is 42.3 Å². The first-order valence-corrected chi connectivity index (χ1v) is 8.58. The number of carboxylic acids is 1. The number of carbonyl (C=O) groups is 2. The van der Waals surface area contributed by atoms with Crippen LogP contribution in [0.25, 0.3) is 0 Å². The molecule has 1 amide bonds. The van der Waals surface area contributed by atoms with Gasteiger partial charge in [0.15, 0.2) is 0 Å². The number of pyridine rings is 1. The Morgan fingerprint density at radius 1 is 1.16 bits per heavy atom. The van der Waals surface area contributed by atoms with Gasteiger partial charge < -0.3 is 10.0 Å². The first kappa shape index (κ1) is 17.4. The van der Waals surface area contributed by atoms with Crippen LogP contribution >= 0.6 is 11.6 Å². The Kier molecular flexibility index (Phi) is 5.34. The number of hydrogen-bond acceptors (Lipinski definition) is 3. The van der Waals surface area contributed by atoms with Gasteiger partial charge in [0.05, 0.1) is 5.92 Å².